The van der Waals surface area contributed by atoms with Crippen molar-refractivity contribution in [3.63, 3.8) is 0 Å². The first-order valence-electron chi connectivity index (χ1n) is 8.61. The summed E-state index contributed by atoms with van der Waals surface area (Å²) in [5.74, 6) is 0.889. The van der Waals surface area contributed by atoms with E-state index in [0.29, 0.717) is 17.3 Å². The fourth-order valence-corrected chi connectivity index (χ4v) is 3.94. The molecule has 0 aliphatic heterocycles. The number of aromatic amines is 2. The van der Waals surface area contributed by atoms with Gasteiger partial charge in [0.15, 0.2) is 5.69 Å². The molecule has 132 valence electrons. The molecule has 3 N–H and O–H groups in total. The summed E-state index contributed by atoms with van der Waals surface area (Å²) < 4.78 is 1.81. The van der Waals surface area contributed by atoms with E-state index in [1.54, 1.807) is 29.8 Å². The third-order valence-electron chi connectivity index (χ3n) is 4.57. The fourth-order valence-electron chi connectivity index (χ4n) is 3.06. The minimum Gasteiger partial charge on any atom is -0.328 e. The van der Waals surface area contributed by atoms with Crippen molar-refractivity contribution in [3.8, 4) is 27.8 Å². The van der Waals surface area contributed by atoms with Gasteiger partial charge in [0.1, 0.15) is 11.6 Å². The maximum absolute atomic E-state index is 11.4. The number of H-pyrrole nitrogens is 2. The van der Waals surface area contributed by atoms with Gasteiger partial charge in [0.25, 0.3) is 0 Å². The number of rotatable bonds is 4. The minimum absolute atomic E-state index is 0.131. The van der Waals surface area contributed by atoms with Gasteiger partial charge in [0.05, 0.1) is 23.2 Å². The van der Waals surface area contributed by atoms with E-state index >= 15 is 0 Å². The van der Waals surface area contributed by atoms with Crippen LogP contribution < -0.4 is 15.4 Å². The van der Waals surface area contributed by atoms with Crippen LogP contribution in [0, 0.1) is 11.3 Å². The SMILES string of the molecule is N#Cc1c[nH][n+]2c(NC3CC3)cc(-c3sccc3-c3ccc(=O)[nH]c3)nc12. The van der Waals surface area contributed by atoms with E-state index in [2.05, 4.69) is 21.5 Å². The predicted molar refractivity (Wildman–Crippen MR) is 102 cm³/mol. The number of hydrogen-bond acceptors (Lipinski definition) is 5. The van der Waals surface area contributed by atoms with Crippen LogP contribution in [-0.2, 0) is 0 Å². The summed E-state index contributed by atoms with van der Waals surface area (Å²) >= 11 is 1.58. The molecule has 0 amide bonds. The fraction of sp³-hybridized carbons (Fsp3) is 0.158. The van der Waals surface area contributed by atoms with Gasteiger partial charge in [-0.05, 0) is 35.9 Å². The molecule has 0 radical (unpaired) electrons. The van der Waals surface area contributed by atoms with Crippen molar-refractivity contribution < 1.29 is 4.52 Å². The van der Waals surface area contributed by atoms with Gasteiger partial charge in [0, 0.05) is 17.8 Å². The second-order valence-corrected chi connectivity index (χ2v) is 7.42. The first-order valence-corrected chi connectivity index (χ1v) is 9.49. The van der Waals surface area contributed by atoms with Crippen molar-refractivity contribution in [1.82, 2.24) is 15.1 Å². The molecule has 1 fully saturated rings. The molecule has 0 atom stereocenters. The van der Waals surface area contributed by atoms with Crippen molar-refractivity contribution in [2.45, 2.75) is 18.9 Å². The molecule has 1 aliphatic rings. The van der Waals surface area contributed by atoms with Gasteiger partial charge in [-0.2, -0.15) is 5.26 Å². The monoisotopic (exact) mass is 375 g/mol. The summed E-state index contributed by atoms with van der Waals surface area (Å²) in [7, 11) is 0. The van der Waals surface area contributed by atoms with Crippen LogP contribution in [0.3, 0.4) is 0 Å². The number of nitrogens with one attached hydrogen (secondary N) is 3. The van der Waals surface area contributed by atoms with E-state index in [1.807, 2.05) is 22.0 Å². The van der Waals surface area contributed by atoms with Crippen molar-refractivity contribution >= 4 is 22.8 Å². The van der Waals surface area contributed by atoms with Gasteiger partial charge in [0.2, 0.25) is 11.4 Å². The Morgan fingerprint density at radius 2 is 2.19 bits per heavy atom. The Bertz CT molecular complexity index is 1240. The molecule has 4 heterocycles. The Balaban J connectivity index is 1.69. The highest BCUT2D eigenvalue weighted by Crippen LogP contribution is 2.36. The zero-order chi connectivity index (χ0) is 18.4. The van der Waals surface area contributed by atoms with Crippen LogP contribution in [0.5, 0.6) is 0 Å². The lowest BCUT2D eigenvalue weighted by Gasteiger charge is -2.05. The Morgan fingerprint density at radius 1 is 1.30 bits per heavy atom. The minimum atomic E-state index is -0.131. The number of pyridine rings is 1. The summed E-state index contributed by atoms with van der Waals surface area (Å²) in [6.45, 7) is 0. The number of fused-ring (bicyclic) bond motifs is 1. The zero-order valence-electron chi connectivity index (χ0n) is 14.2. The van der Waals surface area contributed by atoms with E-state index < -0.39 is 0 Å². The lowest BCUT2D eigenvalue weighted by atomic mass is 10.1. The number of thiophene rings is 1. The Kier molecular flexibility index (Phi) is 3.55. The van der Waals surface area contributed by atoms with Crippen LogP contribution in [0.2, 0.25) is 0 Å². The molecule has 0 aromatic carbocycles. The molecule has 7 nitrogen and oxygen atoms in total. The van der Waals surface area contributed by atoms with Gasteiger partial charge >= 0.3 is 5.65 Å². The van der Waals surface area contributed by atoms with Crippen LogP contribution >= 0.6 is 11.3 Å². The second kappa shape index (κ2) is 6.07. The molecular formula is C19H15N6OS+. The highest BCUT2D eigenvalue weighted by Gasteiger charge is 2.28. The number of anilines is 1. The van der Waals surface area contributed by atoms with Crippen molar-refractivity contribution in [1.29, 1.82) is 5.26 Å². The average molecular weight is 375 g/mol. The van der Waals surface area contributed by atoms with Crippen molar-refractivity contribution in [3.05, 3.63) is 58.0 Å². The lowest BCUT2D eigenvalue weighted by Crippen LogP contribution is -2.30. The van der Waals surface area contributed by atoms with E-state index in [-0.39, 0.29) is 5.56 Å². The Morgan fingerprint density at radius 3 is 2.93 bits per heavy atom. The van der Waals surface area contributed by atoms with E-state index in [4.69, 9.17) is 4.98 Å². The molecule has 0 saturated heterocycles. The summed E-state index contributed by atoms with van der Waals surface area (Å²) in [6, 6.07) is 10.00. The topological polar surface area (TPSA) is 101 Å². The van der Waals surface area contributed by atoms with Gasteiger partial charge < -0.3 is 10.3 Å². The van der Waals surface area contributed by atoms with E-state index in [0.717, 1.165) is 40.4 Å². The number of hydrogen-bond donors (Lipinski definition) is 3. The first-order chi connectivity index (χ1) is 13.2. The molecular weight excluding hydrogens is 360 g/mol. The molecule has 1 aliphatic carbocycles. The third-order valence-corrected chi connectivity index (χ3v) is 5.51. The molecule has 4 aromatic rings. The van der Waals surface area contributed by atoms with E-state index in [9.17, 15) is 10.1 Å². The molecule has 27 heavy (non-hydrogen) atoms. The largest absolute Gasteiger partial charge is 0.328 e. The van der Waals surface area contributed by atoms with Crippen LogP contribution in [0.4, 0.5) is 5.82 Å². The number of aromatic nitrogens is 4. The number of nitriles is 1. The van der Waals surface area contributed by atoms with Gasteiger partial charge in [-0.1, -0.05) is 4.98 Å². The molecule has 0 spiro atoms. The second-order valence-electron chi connectivity index (χ2n) is 6.51. The maximum atomic E-state index is 11.4. The molecule has 1 saturated carbocycles. The normalized spacial score (nSPS) is 13.6. The Labute approximate surface area is 157 Å². The Hall–Kier alpha value is -3.44. The third kappa shape index (κ3) is 2.78. The smallest absolute Gasteiger partial charge is 0.305 e. The predicted octanol–water partition coefficient (Wildman–Crippen LogP) is 2.68. The van der Waals surface area contributed by atoms with Gasteiger partial charge in [-0.25, -0.2) is 5.10 Å². The quantitative estimate of drug-likeness (QED) is 0.477. The maximum Gasteiger partial charge on any atom is 0.305 e. The average Bonchev–Trinajstić information content (AvgIpc) is 3.20. The van der Waals surface area contributed by atoms with Crippen LogP contribution in [0.1, 0.15) is 18.4 Å². The van der Waals surface area contributed by atoms with Crippen LogP contribution in [0.15, 0.2) is 46.8 Å². The summed E-state index contributed by atoms with van der Waals surface area (Å²) in [6.07, 6.45) is 5.67. The summed E-state index contributed by atoms with van der Waals surface area (Å²) in [5.41, 5.74) is 3.68. The van der Waals surface area contributed by atoms with E-state index in [1.165, 1.54) is 6.07 Å². The van der Waals surface area contributed by atoms with Crippen molar-refractivity contribution in [2.24, 2.45) is 0 Å². The highest BCUT2D eigenvalue weighted by molar-refractivity contribution is 7.14. The summed E-state index contributed by atoms with van der Waals surface area (Å²) in [4.78, 5) is 19.8. The first kappa shape index (κ1) is 15.8. The standard InChI is InChI=1S/C19H14N6OS/c20-8-12-10-22-25-16(23-13-2-3-13)7-15(24-19(12)25)18-14(5-6-27-18)11-1-4-17(26)21-9-11/h1,4-7,9-10,13H,2-3H2,(H2,21,22,23,24,26)/p+1. The van der Waals surface area contributed by atoms with Gasteiger partial charge in [-0.3, -0.25) is 4.79 Å². The zero-order valence-corrected chi connectivity index (χ0v) is 15.0. The lowest BCUT2D eigenvalue weighted by molar-refractivity contribution is -0.564. The summed E-state index contributed by atoms with van der Waals surface area (Å²) in [5, 5.41) is 18.0. The molecule has 4 aromatic heterocycles. The van der Waals surface area contributed by atoms with Gasteiger partial charge in [-0.15, -0.1) is 15.9 Å². The molecule has 0 unspecified atom stereocenters. The molecule has 0 bridgehead atoms. The highest BCUT2D eigenvalue weighted by atomic mass is 32.1. The van der Waals surface area contributed by atoms with Crippen LogP contribution in [0.25, 0.3) is 27.3 Å². The van der Waals surface area contributed by atoms with Crippen LogP contribution in [-0.4, -0.2) is 21.1 Å². The molecule has 5 rings (SSSR count). The molecule has 8 heteroatoms. The number of nitrogens with zero attached hydrogens (tertiary/aromatic N) is 3. The van der Waals surface area contributed by atoms with Crippen molar-refractivity contribution in [2.75, 3.05) is 5.32 Å².